The average molecular weight is 262 g/mol. The predicted octanol–water partition coefficient (Wildman–Crippen LogP) is 1.53. The minimum Gasteiger partial charge on any atom is -0.325 e. The van der Waals surface area contributed by atoms with Crippen molar-refractivity contribution in [3.05, 3.63) is 16.1 Å². The molecule has 0 spiro atoms. The molecule has 0 aliphatic heterocycles. The number of nitrogens with two attached hydrogens (primary N) is 1. The fourth-order valence-electron chi connectivity index (χ4n) is 1.24. The molecule has 0 saturated carbocycles. The van der Waals surface area contributed by atoms with E-state index in [0.717, 1.165) is 5.69 Å². The smallest absolute Gasteiger partial charge is 0.156 e. The molecule has 4 nitrogen and oxygen atoms in total. The summed E-state index contributed by atoms with van der Waals surface area (Å²) in [5.74, 6) is 0. The van der Waals surface area contributed by atoms with E-state index in [0.29, 0.717) is 11.4 Å². The maximum absolute atomic E-state index is 11.4. The minimum absolute atomic E-state index is 0.320. The lowest BCUT2D eigenvalue weighted by atomic mass is 10.0. The number of nitrogens with zero attached hydrogens (tertiary/aromatic N) is 1. The first-order valence-corrected chi connectivity index (χ1v) is 7.85. The van der Waals surface area contributed by atoms with Gasteiger partial charge in [0.2, 0.25) is 0 Å². The summed E-state index contributed by atoms with van der Waals surface area (Å²) in [6.07, 6.45) is 1.88. The molecule has 0 aromatic carbocycles. The molecule has 16 heavy (non-hydrogen) atoms. The number of hydrogen-bond donors (Lipinski definition) is 1. The molecule has 1 atom stereocenters. The molecule has 92 valence electrons. The quantitative estimate of drug-likeness (QED) is 0.893. The number of aromatic nitrogens is 1. The lowest BCUT2D eigenvalue weighted by Gasteiger charge is -2.16. The van der Waals surface area contributed by atoms with E-state index < -0.39 is 15.1 Å². The first-order chi connectivity index (χ1) is 7.09. The fourth-order valence-corrected chi connectivity index (χ4v) is 3.10. The van der Waals surface area contributed by atoms with Gasteiger partial charge in [0.25, 0.3) is 0 Å². The second-order valence-corrected chi connectivity index (χ2v) is 8.07. The molecule has 0 aliphatic carbocycles. The molecule has 1 rings (SSSR count). The van der Waals surface area contributed by atoms with Gasteiger partial charge in [0, 0.05) is 23.6 Å². The summed E-state index contributed by atoms with van der Waals surface area (Å²) in [7, 11) is -3.07. The van der Waals surface area contributed by atoms with Gasteiger partial charge in [0.05, 0.1) is 5.69 Å². The predicted molar refractivity (Wildman–Crippen MR) is 67.3 cm³/mol. The van der Waals surface area contributed by atoms with Crippen LogP contribution in [0.3, 0.4) is 0 Å². The Hall–Kier alpha value is -0.460. The molecule has 0 aliphatic rings. The van der Waals surface area contributed by atoms with Crippen LogP contribution in [0.25, 0.3) is 0 Å². The van der Waals surface area contributed by atoms with Gasteiger partial charge in [-0.2, -0.15) is 0 Å². The van der Waals surface area contributed by atoms with Crippen LogP contribution in [-0.4, -0.2) is 25.2 Å². The number of rotatable bonds is 4. The number of hydrogen-bond acceptors (Lipinski definition) is 5. The Balaban J connectivity index is 2.88. The van der Waals surface area contributed by atoms with Crippen molar-refractivity contribution in [3.63, 3.8) is 0 Å². The van der Waals surface area contributed by atoms with E-state index in [1.165, 1.54) is 17.6 Å². The molecule has 1 aromatic heterocycles. The van der Waals surface area contributed by atoms with Gasteiger partial charge in [-0.15, -0.1) is 11.3 Å². The van der Waals surface area contributed by atoms with E-state index in [1.54, 1.807) is 6.92 Å². The van der Waals surface area contributed by atoms with Crippen LogP contribution in [0.1, 0.15) is 36.7 Å². The summed E-state index contributed by atoms with van der Waals surface area (Å²) in [5, 5.41) is 1.99. The van der Waals surface area contributed by atoms with Crippen LogP contribution in [0.4, 0.5) is 0 Å². The largest absolute Gasteiger partial charge is 0.325 e. The van der Waals surface area contributed by atoms with Crippen LogP contribution in [0.2, 0.25) is 0 Å². The molecular formula is C10H18N2O2S2. The highest BCUT2D eigenvalue weighted by Gasteiger charge is 2.22. The second-order valence-electron chi connectivity index (χ2n) is 4.81. The monoisotopic (exact) mass is 262 g/mol. The average Bonchev–Trinajstić information content (AvgIpc) is 2.46. The van der Waals surface area contributed by atoms with Crippen molar-refractivity contribution in [1.29, 1.82) is 0 Å². The molecule has 6 heteroatoms. The molecule has 1 aromatic rings. The summed E-state index contributed by atoms with van der Waals surface area (Å²) in [4.78, 5) is 4.32. The molecule has 0 saturated heterocycles. The fraction of sp³-hybridized carbons (Fsp3) is 0.700. The number of thiazole rings is 1. The first-order valence-electron chi connectivity index (χ1n) is 5.01. The van der Waals surface area contributed by atoms with Crippen molar-refractivity contribution >= 4 is 21.2 Å². The van der Waals surface area contributed by atoms with E-state index in [9.17, 15) is 8.42 Å². The van der Waals surface area contributed by atoms with E-state index >= 15 is 0 Å². The highest BCUT2D eigenvalue weighted by atomic mass is 32.2. The summed E-state index contributed by atoms with van der Waals surface area (Å²) in [6.45, 7) is 5.50. The Morgan fingerprint density at radius 3 is 2.56 bits per heavy atom. The van der Waals surface area contributed by atoms with E-state index in [1.807, 2.05) is 19.2 Å². The van der Waals surface area contributed by atoms with Crippen LogP contribution in [0, 0.1) is 0 Å². The zero-order chi connectivity index (χ0) is 12.6. The molecule has 1 unspecified atom stereocenters. The van der Waals surface area contributed by atoms with Gasteiger partial charge >= 0.3 is 0 Å². The SMILES string of the molecule is CC(c1nc(CC(C)(C)N)cs1)S(C)(=O)=O. The molecule has 0 radical (unpaired) electrons. The Morgan fingerprint density at radius 1 is 1.56 bits per heavy atom. The Kier molecular flexibility index (Phi) is 3.76. The highest BCUT2D eigenvalue weighted by Crippen LogP contribution is 2.25. The lowest BCUT2D eigenvalue weighted by molar-refractivity contribution is 0.511. The van der Waals surface area contributed by atoms with Crippen molar-refractivity contribution in [1.82, 2.24) is 4.98 Å². The summed E-state index contributed by atoms with van der Waals surface area (Å²) >= 11 is 1.38. The van der Waals surface area contributed by atoms with Gasteiger partial charge in [-0.25, -0.2) is 13.4 Å². The van der Waals surface area contributed by atoms with Crippen molar-refractivity contribution in [2.75, 3.05) is 6.26 Å². The van der Waals surface area contributed by atoms with Gasteiger partial charge in [-0.1, -0.05) is 0 Å². The summed E-state index contributed by atoms with van der Waals surface area (Å²) < 4.78 is 22.7. The van der Waals surface area contributed by atoms with Gasteiger partial charge in [-0.3, -0.25) is 0 Å². The molecular weight excluding hydrogens is 244 g/mol. The molecule has 0 bridgehead atoms. The van der Waals surface area contributed by atoms with E-state index in [-0.39, 0.29) is 5.54 Å². The third kappa shape index (κ3) is 3.84. The van der Waals surface area contributed by atoms with Crippen LogP contribution in [-0.2, 0) is 16.3 Å². The first kappa shape index (κ1) is 13.6. The van der Waals surface area contributed by atoms with Crippen LogP contribution in [0.5, 0.6) is 0 Å². The van der Waals surface area contributed by atoms with Gasteiger partial charge < -0.3 is 5.73 Å². The third-order valence-electron chi connectivity index (χ3n) is 2.20. The molecule has 2 N–H and O–H groups in total. The summed E-state index contributed by atoms with van der Waals surface area (Å²) in [5.41, 5.74) is 6.43. The molecule has 0 amide bonds. The van der Waals surface area contributed by atoms with Crippen LogP contribution < -0.4 is 5.73 Å². The highest BCUT2D eigenvalue weighted by molar-refractivity contribution is 7.91. The van der Waals surface area contributed by atoms with Crippen molar-refractivity contribution in [2.24, 2.45) is 5.73 Å². The maximum Gasteiger partial charge on any atom is 0.156 e. The zero-order valence-corrected chi connectivity index (χ0v) is 11.7. The Bertz CT molecular complexity index is 457. The van der Waals surface area contributed by atoms with Gasteiger partial charge in [0.1, 0.15) is 10.3 Å². The zero-order valence-electron chi connectivity index (χ0n) is 10.0. The minimum atomic E-state index is -3.07. The van der Waals surface area contributed by atoms with E-state index in [2.05, 4.69) is 4.98 Å². The second kappa shape index (κ2) is 4.43. The topological polar surface area (TPSA) is 73.0 Å². The standard InChI is InChI=1S/C10H18N2O2S2/c1-7(16(4,13)14)9-12-8(6-15-9)5-10(2,3)11/h6-7H,5,11H2,1-4H3. The normalized spacial score (nSPS) is 15.1. The van der Waals surface area contributed by atoms with Gasteiger partial charge in [0.15, 0.2) is 9.84 Å². The molecule has 1 heterocycles. The maximum atomic E-state index is 11.4. The van der Waals surface area contributed by atoms with E-state index in [4.69, 9.17) is 5.73 Å². The van der Waals surface area contributed by atoms with Gasteiger partial charge in [-0.05, 0) is 20.8 Å². The summed E-state index contributed by atoms with van der Waals surface area (Å²) in [6, 6.07) is 0. The third-order valence-corrected chi connectivity index (χ3v) is 4.93. The number of sulfone groups is 1. The van der Waals surface area contributed by atoms with Crippen molar-refractivity contribution in [3.8, 4) is 0 Å². The Morgan fingerprint density at radius 2 is 2.12 bits per heavy atom. The van der Waals surface area contributed by atoms with Crippen molar-refractivity contribution < 1.29 is 8.42 Å². The van der Waals surface area contributed by atoms with Crippen molar-refractivity contribution in [2.45, 2.75) is 38.0 Å². The molecule has 0 fully saturated rings. The Labute approximate surface area is 101 Å². The van der Waals surface area contributed by atoms with Crippen LogP contribution >= 0.6 is 11.3 Å². The van der Waals surface area contributed by atoms with Crippen LogP contribution in [0.15, 0.2) is 5.38 Å². The lowest BCUT2D eigenvalue weighted by Crippen LogP contribution is -2.34.